The Kier molecular flexibility index (Phi) is 2.73. The first-order valence-electron chi connectivity index (χ1n) is 2.66. The first kappa shape index (κ1) is 11.2. The van der Waals surface area contributed by atoms with E-state index in [-0.39, 0.29) is 4.31 Å². The second kappa shape index (κ2) is 2.92. The number of halogens is 3. The van der Waals surface area contributed by atoms with Crippen molar-refractivity contribution in [2.75, 3.05) is 7.05 Å². The van der Waals surface area contributed by atoms with Gasteiger partial charge in [-0.15, -0.1) is 0 Å². The monoisotopic (exact) mass is 205 g/mol. The Morgan fingerprint density at radius 2 is 1.67 bits per heavy atom. The lowest BCUT2D eigenvalue weighted by Crippen LogP contribution is -2.40. The molecule has 0 atom stereocenters. The maximum Gasteiger partial charge on any atom is 0.516 e. The number of sulfonamides is 1. The van der Waals surface area contributed by atoms with Gasteiger partial charge in [-0.05, 0) is 0 Å². The molecule has 1 amide bonds. The zero-order valence-corrected chi connectivity index (χ0v) is 7.03. The van der Waals surface area contributed by atoms with Gasteiger partial charge in [0.25, 0.3) is 0 Å². The zero-order valence-electron chi connectivity index (χ0n) is 6.21. The van der Waals surface area contributed by atoms with Crippen LogP contribution in [0.5, 0.6) is 0 Å². The lowest BCUT2D eigenvalue weighted by molar-refractivity contribution is -0.124. The number of carbonyl (C=O) groups excluding carboxylic acids is 1. The first-order valence-corrected chi connectivity index (χ1v) is 4.10. The summed E-state index contributed by atoms with van der Waals surface area (Å²) in [5.74, 6) is -1.19. The Bertz CT molecular complexity index is 280. The van der Waals surface area contributed by atoms with E-state index in [9.17, 15) is 26.4 Å². The largest absolute Gasteiger partial charge is 0.516 e. The zero-order chi connectivity index (χ0) is 10.2. The molecule has 0 heterocycles. The van der Waals surface area contributed by atoms with Crippen LogP contribution in [-0.2, 0) is 14.8 Å². The lowest BCUT2D eigenvalue weighted by atomic mass is 10.7. The van der Waals surface area contributed by atoms with Crippen LogP contribution in [0.2, 0.25) is 0 Å². The molecule has 0 aliphatic rings. The normalized spacial score (nSPS) is 12.8. The highest BCUT2D eigenvalue weighted by molar-refractivity contribution is 7.90. The molecule has 0 spiro atoms. The molecule has 12 heavy (non-hydrogen) atoms. The summed E-state index contributed by atoms with van der Waals surface area (Å²) in [5, 5.41) is 0. The molecule has 4 nitrogen and oxygen atoms in total. The summed E-state index contributed by atoms with van der Waals surface area (Å²) in [7, 11) is -4.95. The third-order valence-electron chi connectivity index (χ3n) is 1.10. The SMILES string of the molecule is CC(=O)N(C)S(=O)(=O)C(F)(F)F. The third kappa shape index (κ3) is 1.87. The fourth-order valence-electron chi connectivity index (χ4n) is 0.325. The van der Waals surface area contributed by atoms with Crippen molar-refractivity contribution in [1.82, 2.24) is 4.31 Å². The van der Waals surface area contributed by atoms with Gasteiger partial charge in [-0.25, -0.2) is 4.31 Å². The Balaban J connectivity index is 5.03. The third-order valence-corrected chi connectivity index (χ3v) is 2.66. The van der Waals surface area contributed by atoms with Gasteiger partial charge in [0.1, 0.15) is 0 Å². The smallest absolute Gasteiger partial charge is 0.274 e. The minimum atomic E-state index is -5.49. The predicted octanol–water partition coefficient (Wildman–Crippen LogP) is 0.314. The van der Waals surface area contributed by atoms with Gasteiger partial charge in [0.15, 0.2) is 0 Å². The average molecular weight is 205 g/mol. The maximum absolute atomic E-state index is 11.7. The molecule has 0 rings (SSSR count). The number of hydrogen-bond donors (Lipinski definition) is 0. The maximum atomic E-state index is 11.7. The van der Waals surface area contributed by atoms with Gasteiger partial charge in [0.05, 0.1) is 0 Å². The lowest BCUT2D eigenvalue weighted by Gasteiger charge is -2.16. The van der Waals surface area contributed by atoms with Gasteiger partial charge in [-0.1, -0.05) is 0 Å². The van der Waals surface area contributed by atoms with E-state index in [0.29, 0.717) is 7.05 Å². The average Bonchev–Trinajstić information content (AvgIpc) is 1.83. The van der Waals surface area contributed by atoms with Gasteiger partial charge in [0.2, 0.25) is 5.91 Å². The van der Waals surface area contributed by atoms with Crippen LogP contribution in [0.15, 0.2) is 0 Å². The van der Waals surface area contributed by atoms with Crippen LogP contribution in [0.25, 0.3) is 0 Å². The van der Waals surface area contributed by atoms with Gasteiger partial charge < -0.3 is 0 Å². The quantitative estimate of drug-likeness (QED) is 0.619. The molecule has 72 valence electrons. The Morgan fingerprint density at radius 1 is 1.33 bits per heavy atom. The summed E-state index contributed by atoms with van der Waals surface area (Å²) in [6.07, 6.45) is 0. The molecule has 0 saturated carbocycles. The Hall–Kier alpha value is -0.790. The molecule has 0 unspecified atom stereocenters. The number of hydrogen-bond acceptors (Lipinski definition) is 3. The fourth-order valence-corrected chi connectivity index (χ4v) is 0.974. The number of amides is 1. The highest BCUT2D eigenvalue weighted by Crippen LogP contribution is 2.25. The molecule has 0 aliphatic heterocycles. The minimum absolute atomic E-state index is 0.354. The summed E-state index contributed by atoms with van der Waals surface area (Å²) in [6.45, 7) is 0.725. The summed E-state index contributed by atoms with van der Waals surface area (Å²) in [4.78, 5) is 10.3. The van der Waals surface area contributed by atoms with Crippen molar-refractivity contribution in [1.29, 1.82) is 0 Å². The fraction of sp³-hybridized carbons (Fsp3) is 0.750. The highest BCUT2D eigenvalue weighted by atomic mass is 32.2. The molecule has 0 saturated heterocycles. The molecular formula is C4H6F3NO3S. The minimum Gasteiger partial charge on any atom is -0.274 e. The topological polar surface area (TPSA) is 54.5 Å². The standard InChI is InChI=1S/C4H6F3NO3S/c1-3(9)8(2)12(10,11)4(5,6)7/h1-2H3. The van der Waals surface area contributed by atoms with Gasteiger partial charge in [-0.2, -0.15) is 21.6 Å². The van der Waals surface area contributed by atoms with Crippen LogP contribution in [0.4, 0.5) is 13.2 Å². The molecule has 0 aliphatic carbocycles. The Morgan fingerprint density at radius 3 is 1.75 bits per heavy atom. The Labute approximate surface area is 67.0 Å². The van der Waals surface area contributed by atoms with Crippen LogP contribution in [0, 0.1) is 0 Å². The van der Waals surface area contributed by atoms with Gasteiger partial charge in [-0.3, -0.25) is 4.79 Å². The molecule has 0 aromatic rings. The summed E-state index contributed by atoms with van der Waals surface area (Å²) in [6, 6.07) is 0. The molecule has 0 N–H and O–H groups in total. The van der Waals surface area contributed by atoms with Crippen molar-refractivity contribution >= 4 is 15.9 Å². The molecule has 0 aromatic heterocycles. The van der Waals surface area contributed by atoms with E-state index in [1.54, 1.807) is 0 Å². The molecule has 8 heteroatoms. The van der Waals surface area contributed by atoms with E-state index in [1.165, 1.54) is 0 Å². The molecule has 0 aromatic carbocycles. The van der Waals surface area contributed by atoms with Crippen molar-refractivity contribution in [3.63, 3.8) is 0 Å². The van der Waals surface area contributed by atoms with Crippen LogP contribution >= 0.6 is 0 Å². The van der Waals surface area contributed by atoms with E-state index in [2.05, 4.69) is 0 Å². The van der Waals surface area contributed by atoms with Crippen molar-refractivity contribution in [3.8, 4) is 0 Å². The van der Waals surface area contributed by atoms with E-state index in [0.717, 1.165) is 6.92 Å². The summed E-state index contributed by atoms with van der Waals surface area (Å²) in [5.41, 5.74) is -5.42. The number of alkyl halides is 3. The summed E-state index contributed by atoms with van der Waals surface area (Å²) >= 11 is 0. The van der Waals surface area contributed by atoms with Crippen molar-refractivity contribution in [2.45, 2.75) is 12.4 Å². The number of rotatable bonds is 1. The van der Waals surface area contributed by atoms with E-state index in [4.69, 9.17) is 0 Å². The van der Waals surface area contributed by atoms with Crippen LogP contribution in [0.3, 0.4) is 0 Å². The van der Waals surface area contributed by atoms with E-state index in [1.807, 2.05) is 0 Å². The molecule has 0 radical (unpaired) electrons. The predicted molar refractivity (Wildman–Crippen MR) is 33.4 cm³/mol. The summed E-state index contributed by atoms with van der Waals surface area (Å²) < 4.78 is 55.4. The molecule has 0 bridgehead atoms. The second-order valence-corrected chi connectivity index (χ2v) is 3.90. The highest BCUT2D eigenvalue weighted by Gasteiger charge is 2.49. The number of carbonyl (C=O) groups is 1. The molecule has 0 fully saturated rings. The van der Waals surface area contributed by atoms with Gasteiger partial charge in [0, 0.05) is 14.0 Å². The number of nitrogens with zero attached hydrogens (tertiary/aromatic N) is 1. The van der Waals surface area contributed by atoms with E-state index < -0.39 is 21.4 Å². The van der Waals surface area contributed by atoms with Crippen molar-refractivity contribution in [2.24, 2.45) is 0 Å². The molecular weight excluding hydrogens is 199 g/mol. The van der Waals surface area contributed by atoms with Crippen molar-refractivity contribution in [3.05, 3.63) is 0 Å². The second-order valence-electron chi connectivity index (χ2n) is 1.94. The van der Waals surface area contributed by atoms with Crippen LogP contribution < -0.4 is 0 Å². The first-order chi connectivity index (χ1) is 5.10. The van der Waals surface area contributed by atoms with Crippen LogP contribution in [0.1, 0.15) is 6.92 Å². The van der Waals surface area contributed by atoms with Crippen LogP contribution in [-0.4, -0.2) is 31.2 Å². The van der Waals surface area contributed by atoms with Crippen molar-refractivity contribution < 1.29 is 26.4 Å². The van der Waals surface area contributed by atoms with Gasteiger partial charge >= 0.3 is 15.5 Å². The van der Waals surface area contributed by atoms with E-state index >= 15 is 0 Å².